The lowest BCUT2D eigenvalue weighted by molar-refractivity contribution is 0.0935. The van der Waals surface area contributed by atoms with Crippen LogP contribution in [-0.2, 0) is 6.61 Å². The number of halogens is 1. The number of hydrogen-bond donors (Lipinski definition) is 2. The van der Waals surface area contributed by atoms with Crippen molar-refractivity contribution in [3.8, 4) is 5.75 Å². The number of amides is 1. The van der Waals surface area contributed by atoms with E-state index in [1.54, 1.807) is 24.5 Å². The van der Waals surface area contributed by atoms with Gasteiger partial charge in [-0.15, -0.1) is 0 Å². The fourth-order valence-electron chi connectivity index (χ4n) is 3.09. The van der Waals surface area contributed by atoms with Crippen LogP contribution in [0, 0.1) is 0 Å². The van der Waals surface area contributed by atoms with Crippen molar-refractivity contribution in [2.45, 2.75) is 19.6 Å². The summed E-state index contributed by atoms with van der Waals surface area (Å²) < 4.78 is 5.78. The third kappa shape index (κ3) is 4.58. The number of hydrogen-bond acceptors (Lipinski definition) is 3. The van der Waals surface area contributed by atoms with Crippen LogP contribution in [0.3, 0.4) is 0 Å². The van der Waals surface area contributed by atoms with E-state index in [0.29, 0.717) is 17.3 Å². The molecule has 2 aromatic heterocycles. The van der Waals surface area contributed by atoms with Gasteiger partial charge in [0, 0.05) is 33.9 Å². The first-order valence-corrected chi connectivity index (χ1v) is 9.67. The lowest BCUT2D eigenvalue weighted by Gasteiger charge is -2.14. The number of aromatic amines is 1. The number of nitrogens with zero attached hydrogens (tertiary/aromatic N) is 1. The van der Waals surface area contributed by atoms with E-state index < -0.39 is 0 Å². The minimum atomic E-state index is -0.165. The predicted octanol–water partition coefficient (Wildman–Crippen LogP) is 5.29. The number of aromatic nitrogens is 2. The predicted molar refractivity (Wildman–Crippen MR) is 114 cm³/mol. The molecule has 6 heteroatoms. The largest absolute Gasteiger partial charge is 0.489 e. The zero-order valence-corrected chi connectivity index (χ0v) is 16.6. The molecule has 0 fully saturated rings. The van der Waals surface area contributed by atoms with E-state index in [1.165, 1.54) is 0 Å². The standard InChI is InChI=1S/C23H20ClN3O2/c1-15(26-23(28)22-12-18-11-19(24)6-9-21(18)27-22)17-4-7-20(8-5-17)29-14-16-3-2-10-25-13-16/h2-13,15,27H,14H2,1H3,(H,26,28). The fourth-order valence-corrected chi connectivity index (χ4v) is 3.27. The first-order chi connectivity index (χ1) is 14.1. The fraction of sp³-hybridized carbons (Fsp3) is 0.130. The van der Waals surface area contributed by atoms with Crippen LogP contribution < -0.4 is 10.1 Å². The first-order valence-electron chi connectivity index (χ1n) is 9.29. The molecule has 4 rings (SSSR count). The zero-order chi connectivity index (χ0) is 20.2. The Morgan fingerprint density at radius 3 is 2.76 bits per heavy atom. The van der Waals surface area contributed by atoms with Crippen LogP contribution in [-0.4, -0.2) is 15.9 Å². The van der Waals surface area contributed by atoms with Crippen molar-refractivity contribution in [2.24, 2.45) is 0 Å². The average molecular weight is 406 g/mol. The maximum Gasteiger partial charge on any atom is 0.268 e. The Bertz CT molecular complexity index is 1120. The molecule has 4 aromatic rings. The minimum Gasteiger partial charge on any atom is -0.489 e. The van der Waals surface area contributed by atoms with Gasteiger partial charge in [-0.1, -0.05) is 29.8 Å². The molecule has 2 aromatic carbocycles. The Kier molecular flexibility index (Phi) is 5.49. The van der Waals surface area contributed by atoms with Crippen molar-refractivity contribution < 1.29 is 9.53 Å². The lowest BCUT2D eigenvalue weighted by atomic mass is 10.1. The van der Waals surface area contributed by atoms with Gasteiger partial charge >= 0.3 is 0 Å². The molecule has 2 N–H and O–H groups in total. The van der Waals surface area contributed by atoms with E-state index in [4.69, 9.17) is 16.3 Å². The Labute approximate surface area is 173 Å². The maximum atomic E-state index is 12.6. The molecule has 2 heterocycles. The van der Waals surface area contributed by atoms with E-state index >= 15 is 0 Å². The summed E-state index contributed by atoms with van der Waals surface area (Å²) in [6.45, 7) is 2.41. The van der Waals surface area contributed by atoms with E-state index in [1.807, 2.05) is 55.5 Å². The highest BCUT2D eigenvalue weighted by Gasteiger charge is 2.14. The summed E-state index contributed by atoms with van der Waals surface area (Å²) in [4.78, 5) is 19.8. The quantitative estimate of drug-likeness (QED) is 0.458. The molecule has 1 unspecified atom stereocenters. The second-order valence-electron chi connectivity index (χ2n) is 6.83. The van der Waals surface area contributed by atoms with Crippen molar-refractivity contribution in [2.75, 3.05) is 0 Å². The molecule has 0 spiro atoms. The van der Waals surface area contributed by atoms with Crippen LogP contribution in [0.2, 0.25) is 5.02 Å². The summed E-state index contributed by atoms with van der Waals surface area (Å²) in [6.07, 6.45) is 3.52. The monoisotopic (exact) mass is 405 g/mol. The Hall–Kier alpha value is -3.31. The van der Waals surface area contributed by atoms with Crippen LogP contribution in [0.15, 0.2) is 73.1 Å². The minimum absolute atomic E-state index is 0.148. The molecular formula is C23H20ClN3O2. The van der Waals surface area contributed by atoms with E-state index in [2.05, 4.69) is 15.3 Å². The Morgan fingerprint density at radius 2 is 2.00 bits per heavy atom. The van der Waals surface area contributed by atoms with Crippen molar-refractivity contribution >= 4 is 28.4 Å². The average Bonchev–Trinajstić information content (AvgIpc) is 3.17. The second-order valence-corrected chi connectivity index (χ2v) is 7.27. The van der Waals surface area contributed by atoms with Gasteiger partial charge in [0.05, 0.1) is 6.04 Å². The summed E-state index contributed by atoms with van der Waals surface area (Å²) in [5, 5.41) is 4.56. The van der Waals surface area contributed by atoms with E-state index in [9.17, 15) is 4.79 Å². The van der Waals surface area contributed by atoms with Crippen molar-refractivity contribution in [3.05, 3.63) is 94.9 Å². The van der Waals surface area contributed by atoms with Gasteiger partial charge in [-0.2, -0.15) is 0 Å². The molecule has 0 aliphatic rings. The van der Waals surface area contributed by atoms with E-state index in [0.717, 1.165) is 27.8 Å². The van der Waals surface area contributed by atoms with Gasteiger partial charge in [0.2, 0.25) is 0 Å². The highest BCUT2D eigenvalue weighted by atomic mass is 35.5. The molecule has 1 amide bonds. The molecule has 0 saturated heterocycles. The highest BCUT2D eigenvalue weighted by molar-refractivity contribution is 6.31. The maximum absolute atomic E-state index is 12.6. The number of rotatable bonds is 6. The number of nitrogens with one attached hydrogen (secondary N) is 2. The van der Waals surface area contributed by atoms with Crippen LogP contribution in [0.1, 0.15) is 34.6 Å². The molecule has 29 heavy (non-hydrogen) atoms. The molecule has 5 nitrogen and oxygen atoms in total. The SMILES string of the molecule is CC(NC(=O)c1cc2cc(Cl)ccc2[nH]1)c1ccc(OCc2cccnc2)cc1. The summed E-state index contributed by atoms with van der Waals surface area (Å²) in [7, 11) is 0. The molecule has 0 aliphatic heterocycles. The lowest BCUT2D eigenvalue weighted by Crippen LogP contribution is -2.26. The summed E-state index contributed by atoms with van der Waals surface area (Å²) in [5.74, 6) is 0.602. The number of ether oxygens (including phenoxy) is 1. The van der Waals surface area contributed by atoms with Crippen molar-refractivity contribution in [1.29, 1.82) is 0 Å². The third-order valence-electron chi connectivity index (χ3n) is 4.68. The van der Waals surface area contributed by atoms with Crippen LogP contribution in [0.5, 0.6) is 5.75 Å². The summed E-state index contributed by atoms with van der Waals surface area (Å²) in [6, 6.07) is 18.7. The van der Waals surface area contributed by atoms with Gasteiger partial charge in [-0.05, 0) is 55.0 Å². The number of carbonyl (C=O) groups is 1. The van der Waals surface area contributed by atoms with Gasteiger partial charge in [-0.25, -0.2) is 0 Å². The molecule has 0 aliphatic carbocycles. The molecular weight excluding hydrogens is 386 g/mol. The normalized spacial score (nSPS) is 11.9. The molecule has 0 radical (unpaired) electrons. The van der Waals surface area contributed by atoms with Crippen molar-refractivity contribution in [1.82, 2.24) is 15.3 Å². The Balaban J connectivity index is 1.38. The van der Waals surface area contributed by atoms with Crippen LogP contribution in [0.4, 0.5) is 0 Å². The van der Waals surface area contributed by atoms with Crippen LogP contribution in [0.25, 0.3) is 10.9 Å². The zero-order valence-electron chi connectivity index (χ0n) is 15.9. The topological polar surface area (TPSA) is 67.0 Å². The smallest absolute Gasteiger partial charge is 0.268 e. The van der Waals surface area contributed by atoms with Gasteiger partial charge in [-0.3, -0.25) is 9.78 Å². The third-order valence-corrected chi connectivity index (χ3v) is 4.92. The van der Waals surface area contributed by atoms with Gasteiger partial charge in [0.15, 0.2) is 0 Å². The number of pyridine rings is 1. The molecule has 0 saturated carbocycles. The number of carbonyl (C=O) groups excluding carboxylic acids is 1. The van der Waals surface area contributed by atoms with Gasteiger partial charge < -0.3 is 15.0 Å². The molecule has 146 valence electrons. The summed E-state index contributed by atoms with van der Waals surface area (Å²) in [5.41, 5.74) is 3.39. The molecule has 1 atom stereocenters. The number of fused-ring (bicyclic) bond motifs is 1. The number of benzene rings is 2. The van der Waals surface area contributed by atoms with Gasteiger partial charge in [0.25, 0.3) is 5.91 Å². The second kappa shape index (κ2) is 8.37. The van der Waals surface area contributed by atoms with Gasteiger partial charge in [0.1, 0.15) is 18.1 Å². The summed E-state index contributed by atoms with van der Waals surface area (Å²) >= 11 is 6.01. The van der Waals surface area contributed by atoms with E-state index in [-0.39, 0.29) is 11.9 Å². The van der Waals surface area contributed by atoms with Crippen molar-refractivity contribution in [3.63, 3.8) is 0 Å². The molecule has 0 bridgehead atoms. The van der Waals surface area contributed by atoms with Crippen LogP contribution >= 0.6 is 11.6 Å². The Morgan fingerprint density at radius 1 is 1.17 bits per heavy atom. The number of H-pyrrole nitrogens is 1. The first kappa shape index (κ1) is 19.0. The highest BCUT2D eigenvalue weighted by Crippen LogP contribution is 2.22.